The zero-order valence-electron chi connectivity index (χ0n) is 14.2. The first-order valence-corrected chi connectivity index (χ1v) is 9.50. The number of H-pyrrole nitrogens is 1. The second kappa shape index (κ2) is 6.74. The van der Waals surface area contributed by atoms with Crippen LogP contribution in [0.3, 0.4) is 0 Å². The fourth-order valence-electron chi connectivity index (χ4n) is 3.59. The van der Waals surface area contributed by atoms with Crippen LogP contribution in [0.1, 0.15) is 35.2 Å². The molecule has 2 N–H and O–H groups in total. The first-order valence-electron chi connectivity index (χ1n) is 8.62. The number of fused-ring (bicyclic) bond motifs is 1. The number of aliphatic hydroxyl groups is 1. The van der Waals surface area contributed by atoms with Crippen LogP contribution in [0.4, 0.5) is 0 Å². The molecule has 0 saturated carbocycles. The molecule has 6 nitrogen and oxygen atoms in total. The molecular formula is C18H22N4O2S. The van der Waals surface area contributed by atoms with E-state index in [1.807, 2.05) is 30.5 Å². The van der Waals surface area contributed by atoms with Gasteiger partial charge in [-0.25, -0.2) is 9.50 Å². The molecule has 4 rings (SSSR count). The van der Waals surface area contributed by atoms with Gasteiger partial charge in [-0.1, -0.05) is 6.07 Å². The summed E-state index contributed by atoms with van der Waals surface area (Å²) in [5.41, 5.74) is 2.32. The van der Waals surface area contributed by atoms with Crippen molar-refractivity contribution in [1.82, 2.24) is 19.5 Å². The number of nitrogens with one attached hydrogen (secondary N) is 1. The first kappa shape index (κ1) is 16.5. The highest BCUT2D eigenvalue weighted by Gasteiger charge is 2.27. The molecule has 0 aromatic carbocycles. The molecule has 0 spiro atoms. The number of likely N-dealkylation sites (tertiary alicyclic amines) is 1. The van der Waals surface area contributed by atoms with E-state index in [1.54, 1.807) is 17.4 Å². The minimum atomic E-state index is -0.357. The Balaban J connectivity index is 1.41. The van der Waals surface area contributed by atoms with Crippen LogP contribution in [0.5, 0.6) is 0 Å². The zero-order chi connectivity index (χ0) is 17.4. The van der Waals surface area contributed by atoms with Crippen LogP contribution >= 0.6 is 11.3 Å². The number of rotatable bonds is 4. The van der Waals surface area contributed by atoms with E-state index in [1.165, 1.54) is 4.52 Å². The first-order chi connectivity index (χ1) is 12.1. The van der Waals surface area contributed by atoms with Crippen molar-refractivity contribution in [2.75, 3.05) is 13.1 Å². The molecule has 0 radical (unpaired) electrons. The van der Waals surface area contributed by atoms with Gasteiger partial charge in [0.05, 0.1) is 11.8 Å². The van der Waals surface area contributed by atoms with Gasteiger partial charge in [-0.2, -0.15) is 0 Å². The molecule has 3 aromatic heterocycles. The predicted octanol–water partition coefficient (Wildman–Crippen LogP) is 2.34. The highest BCUT2D eigenvalue weighted by Crippen LogP contribution is 2.33. The summed E-state index contributed by atoms with van der Waals surface area (Å²) in [6, 6.07) is 7.48. The third-order valence-electron chi connectivity index (χ3n) is 4.93. The van der Waals surface area contributed by atoms with Gasteiger partial charge in [0, 0.05) is 29.2 Å². The highest BCUT2D eigenvalue weighted by molar-refractivity contribution is 7.10. The average molecular weight is 358 g/mol. The number of aromatic amines is 1. The molecule has 0 aliphatic carbocycles. The van der Waals surface area contributed by atoms with Gasteiger partial charge in [-0.15, -0.1) is 11.3 Å². The van der Waals surface area contributed by atoms with Gasteiger partial charge in [0.2, 0.25) is 0 Å². The topological polar surface area (TPSA) is 73.6 Å². The Bertz CT molecular complexity index is 907. The van der Waals surface area contributed by atoms with E-state index in [-0.39, 0.29) is 11.7 Å². The van der Waals surface area contributed by atoms with Crippen LogP contribution in [0, 0.1) is 12.8 Å². The van der Waals surface area contributed by atoms with E-state index in [2.05, 4.69) is 15.0 Å². The Hall–Kier alpha value is -1.96. The molecule has 132 valence electrons. The van der Waals surface area contributed by atoms with Crippen LogP contribution in [0.25, 0.3) is 5.65 Å². The second-order valence-corrected chi connectivity index (χ2v) is 7.77. The van der Waals surface area contributed by atoms with Crippen LogP contribution < -0.4 is 5.56 Å². The molecule has 1 saturated heterocycles. The molecule has 7 heteroatoms. The van der Waals surface area contributed by atoms with Gasteiger partial charge in [0.25, 0.3) is 5.56 Å². The van der Waals surface area contributed by atoms with Gasteiger partial charge in [-0.3, -0.25) is 14.8 Å². The van der Waals surface area contributed by atoms with Gasteiger partial charge in [0.15, 0.2) is 5.65 Å². The van der Waals surface area contributed by atoms with Gasteiger partial charge < -0.3 is 5.11 Å². The summed E-state index contributed by atoms with van der Waals surface area (Å²) < 4.78 is 1.47. The fraction of sp³-hybridized carbons (Fsp3) is 0.444. The van der Waals surface area contributed by atoms with E-state index in [4.69, 9.17) is 0 Å². The van der Waals surface area contributed by atoms with Crippen molar-refractivity contribution in [2.45, 2.75) is 32.4 Å². The van der Waals surface area contributed by atoms with Crippen molar-refractivity contribution in [1.29, 1.82) is 0 Å². The molecule has 0 bridgehead atoms. The molecule has 25 heavy (non-hydrogen) atoms. The molecule has 3 aromatic rings. The Morgan fingerprint density at radius 3 is 2.92 bits per heavy atom. The average Bonchev–Trinajstić information content (AvgIpc) is 3.24. The Morgan fingerprint density at radius 1 is 1.40 bits per heavy atom. The summed E-state index contributed by atoms with van der Waals surface area (Å²) in [5, 5.41) is 15.5. The van der Waals surface area contributed by atoms with E-state index < -0.39 is 0 Å². The van der Waals surface area contributed by atoms with E-state index in [0.717, 1.165) is 42.2 Å². The number of hydrogen-bond donors (Lipinski definition) is 2. The third-order valence-corrected chi connectivity index (χ3v) is 5.87. The molecule has 1 aliphatic heterocycles. The minimum Gasteiger partial charge on any atom is -0.387 e. The smallest absolute Gasteiger partial charge is 0.272 e. The summed E-state index contributed by atoms with van der Waals surface area (Å²) in [4.78, 5) is 20.1. The SMILES string of the molecule is Cc1cc2nc(CN3CCC(C(O)c4cccs4)CC3)cc(=O)n2[nH]1. The lowest BCUT2D eigenvalue weighted by Crippen LogP contribution is -2.35. The number of thiophene rings is 1. The Morgan fingerprint density at radius 2 is 2.20 bits per heavy atom. The molecule has 1 atom stereocenters. The lowest BCUT2D eigenvalue weighted by atomic mass is 9.90. The molecule has 1 aliphatic rings. The standard InChI is InChI=1S/C18H22N4O2S/c1-12-9-16-19-14(10-17(23)22(16)20-12)11-21-6-4-13(5-7-21)18(24)15-3-2-8-25-15/h2-3,8-10,13,18,20,24H,4-7,11H2,1H3. The largest absolute Gasteiger partial charge is 0.387 e. The number of aromatic nitrogens is 3. The van der Waals surface area contributed by atoms with E-state index in [9.17, 15) is 9.90 Å². The Labute approximate surface area is 149 Å². The molecule has 0 amide bonds. The Kier molecular flexibility index (Phi) is 4.45. The number of piperidine rings is 1. The van der Waals surface area contributed by atoms with Crippen molar-refractivity contribution in [2.24, 2.45) is 5.92 Å². The molecular weight excluding hydrogens is 336 g/mol. The van der Waals surface area contributed by atoms with Crippen LogP contribution in [-0.2, 0) is 6.54 Å². The lowest BCUT2D eigenvalue weighted by molar-refractivity contribution is 0.0587. The third kappa shape index (κ3) is 3.40. The number of nitrogens with zero attached hydrogens (tertiary/aromatic N) is 3. The van der Waals surface area contributed by atoms with Crippen LogP contribution in [0.15, 0.2) is 34.4 Å². The van der Waals surface area contributed by atoms with Gasteiger partial charge in [-0.05, 0) is 50.2 Å². The maximum Gasteiger partial charge on any atom is 0.272 e. The fourth-order valence-corrected chi connectivity index (χ4v) is 4.39. The maximum absolute atomic E-state index is 12.2. The van der Waals surface area contributed by atoms with Crippen molar-refractivity contribution in [3.8, 4) is 0 Å². The lowest BCUT2D eigenvalue weighted by Gasteiger charge is -2.33. The van der Waals surface area contributed by atoms with E-state index >= 15 is 0 Å². The summed E-state index contributed by atoms with van der Waals surface area (Å²) in [5.74, 6) is 0.309. The quantitative estimate of drug-likeness (QED) is 0.751. The van der Waals surface area contributed by atoms with Crippen molar-refractivity contribution >= 4 is 17.0 Å². The predicted molar refractivity (Wildman–Crippen MR) is 97.8 cm³/mol. The number of aliphatic hydroxyl groups excluding tert-OH is 1. The van der Waals surface area contributed by atoms with Crippen molar-refractivity contribution < 1.29 is 5.11 Å². The molecule has 1 fully saturated rings. The summed E-state index contributed by atoms with van der Waals surface area (Å²) >= 11 is 1.62. The highest BCUT2D eigenvalue weighted by atomic mass is 32.1. The van der Waals surface area contributed by atoms with Crippen molar-refractivity contribution in [3.63, 3.8) is 0 Å². The van der Waals surface area contributed by atoms with Crippen LogP contribution in [-0.4, -0.2) is 37.7 Å². The summed E-state index contributed by atoms with van der Waals surface area (Å²) in [6.45, 7) is 4.43. The molecule has 4 heterocycles. The minimum absolute atomic E-state index is 0.0731. The normalized spacial score (nSPS) is 18.0. The number of aryl methyl sites for hydroxylation is 1. The summed E-state index contributed by atoms with van der Waals surface area (Å²) in [7, 11) is 0. The van der Waals surface area contributed by atoms with Crippen molar-refractivity contribution in [3.05, 3.63) is 56.3 Å². The van der Waals surface area contributed by atoms with Gasteiger partial charge >= 0.3 is 0 Å². The van der Waals surface area contributed by atoms with Crippen LogP contribution in [0.2, 0.25) is 0 Å². The maximum atomic E-state index is 12.2. The monoisotopic (exact) mass is 358 g/mol. The van der Waals surface area contributed by atoms with Gasteiger partial charge in [0.1, 0.15) is 0 Å². The summed E-state index contributed by atoms with van der Waals surface area (Å²) in [6.07, 6.45) is 1.57. The second-order valence-electron chi connectivity index (χ2n) is 6.79. The van der Waals surface area contributed by atoms with E-state index in [0.29, 0.717) is 18.1 Å². The number of hydrogen-bond acceptors (Lipinski definition) is 5. The zero-order valence-corrected chi connectivity index (χ0v) is 15.0. The molecule has 1 unspecified atom stereocenters.